The van der Waals surface area contributed by atoms with E-state index in [4.69, 9.17) is 5.11 Å². The zero-order chi connectivity index (χ0) is 12.4. The molecule has 16 heavy (non-hydrogen) atoms. The molecule has 0 aliphatic rings. The number of nitrogens with one attached hydrogen (secondary N) is 2. The van der Waals surface area contributed by atoms with Gasteiger partial charge in [-0.1, -0.05) is 13.3 Å². The van der Waals surface area contributed by atoms with Gasteiger partial charge in [0.25, 0.3) is 0 Å². The van der Waals surface area contributed by atoms with Gasteiger partial charge < -0.3 is 15.7 Å². The van der Waals surface area contributed by atoms with Crippen molar-refractivity contribution in [2.45, 2.75) is 19.8 Å². The number of carbonyl (C=O) groups excluding carboxylic acids is 1. The number of likely N-dealkylation sites (N-methyl/N-ethyl adjacent to an activating group) is 1. The maximum absolute atomic E-state index is 11.2. The van der Waals surface area contributed by atoms with Crippen LogP contribution in [0.4, 0.5) is 4.79 Å². The molecule has 0 aromatic heterocycles. The fourth-order valence-electron chi connectivity index (χ4n) is 1.11. The maximum Gasteiger partial charge on any atom is 0.317 e. The van der Waals surface area contributed by atoms with Crippen LogP contribution in [0.25, 0.3) is 0 Å². The third-order valence-electron chi connectivity index (χ3n) is 2.00. The molecule has 0 fully saturated rings. The molecule has 0 bridgehead atoms. The van der Waals surface area contributed by atoms with E-state index in [1.54, 1.807) is 11.9 Å². The van der Waals surface area contributed by atoms with Crippen LogP contribution in [0.5, 0.6) is 0 Å². The van der Waals surface area contributed by atoms with E-state index in [2.05, 4.69) is 17.6 Å². The van der Waals surface area contributed by atoms with Crippen molar-refractivity contribution in [3.63, 3.8) is 0 Å². The largest absolute Gasteiger partial charge is 0.480 e. The fraction of sp³-hybridized carbons (Fsp3) is 0.800. The zero-order valence-electron chi connectivity index (χ0n) is 9.95. The van der Waals surface area contributed by atoms with Crippen molar-refractivity contribution in [2.24, 2.45) is 0 Å². The first kappa shape index (κ1) is 14.7. The predicted molar refractivity (Wildman–Crippen MR) is 61.4 cm³/mol. The van der Waals surface area contributed by atoms with E-state index in [0.717, 1.165) is 12.8 Å². The minimum absolute atomic E-state index is 0.0147. The summed E-state index contributed by atoms with van der Waals surface area (Å²) in [6.07, 6.45) is 2.01. The minimum atomic E-state index is -0.866. The second-order valence-electron chi connectivity index (χ2n) is 3.67. The summed E-state index contributed by atoms with van der Waals surface area (Å²) in [5, 5.41) is 13.9. The second kappa shape index (κ2) is 8.96. The van der Waals surface area contributed by atoms with Crippen molar-refractivity contribution in [3.05, 3.63) is 0 Å². The van der Waals surface area contributed by atoms with Gasteiger partial charge in [-0.25, -0.2) is 4.79 Å². The first-order chi connectivity index (χ1) is 7.56. The number of amides is 2. The van der Waals surface area contributed by atoms with E-state index < -0.39 is 5.97 Å². The lowest BCUT2D eigenvalue weighted by atomic mass is 10.3. The van der Waals surface area contributed by atoms with Gasteiger partial charge in [-0.2, -0.15) is 0 Å². The van der Waals surface area contributed by atoms with Crippen LogP contribution in [0.1, 0.15) is 19.8 Å². The molecule has 0 unspecified atom stereocenters. The van der Waals surface area contributed by atoms with Crippen LogP contribution in [0.3, 0.4) is 0 Å². The lowest BCUT2D eigenvalue weighted by Gasteiger charge is -2.14. The molecule has 0 aliphatic carbocycles. The summed E-state index contributed by atoms with van der Waals surface area (Å²) in [5.74, 6) is -0.866. The van der Waals surface area contributed by atoms with Gasteiger partial charge in [-0.3, -0.25) is 9.69 Å². The molecule has 0 saturated heterocycles. The molecule has 3 N–H and O–H groups in total. The Labute approximate surface area is 96.0 Å². The highest BCUT2D eigenvalue weighted by atomic mass is 16.4. The van der Waals surface area contributed by atoms with Gasteiger partial charge in [-0.05, 0) is 13.5 Å². The summed E-state index contributed by atoms with van der Waals surface area (Å²) in [6.45, 7) is 3.68. The number of hydrogen-bond acceptors (Lipinski definition) is 3. The van der Waals surface area contributed by atoms with Crippen molar-refractivity contribution >= 4 is 12.0 Å². The minimum Gasteiger partial charge on any atom is -0.480 e. The molecule has 6 heteroatoms. The number of nitrogens with zero attached hydrogens (tertiary/aromatic N) is 1. The van der Waals surface area contributed by atoms with Crippen molar-refractivity contribution in [3.8, 4) is 0 Å². The maximum atomic E-state index is 11.2. The van der Waals surface area contributed by atoms with Crippen molar-refractivity contribution in [2.75, 3.05) is 33.2 Å². The number of rotatable bonds is 8. The molecule has 0 saturated carbocycles. The average molecular weight is 231 g/mol. The van der Waals surface area contributed by atoms with Crippen molar-refractivity contribution in [1.82, 2.24) is 15.5 Å². The number of urea groups is 1. The molecular weight excluding hydrogens is 210 g/mol. The van der Waals surface area contributed by atoms with E-state index in [9.17, 15) is 9.59 Å². The summed E-state index contributed by atoms with van der Waals surface area (Å²) in [7, 11) is 1.70. The topological polar surface area (TPSA) is 81.7 Å². The smallest absolute Gasteiger partial charge is 0.317 e. The summed E-state index contributed by atoms with van der Waals surface area (Å²) >= 11 is 0. The van der Waals surface area contributed by atoms with Gasteiger partial charge in [-0.15, -0.1) is 0 Å². The molecule has 0 rings (SSSR count). The average Bonchev–Trinajstić information content (AvgIpc) is 2.17. The van der Waals surface area contributed by atoms with Crippen LogP contribution >= 0.6 is 0 Å². The number of hydrogen-bond donors (Lipinski definition) is 3. The number of carboxylic acid groups (broad SMARTS) is 1. The van der Waals surface area contributed by atoms with Crippen molar-refractivity contribution < 1.29 is 14.7 Å². The lowest BCUT2D eigenvalue weighted by Crippen LogP contribution is -2.40. The first-order valence-electron chi connectivity index (χ1n) is 5.48. The molecule has 0 heterocycles. The van der Waals surface area contributed by atoms with Crippen LogP contribution in [0.15, 0.2) is 0 Å². The number of aliphatic carboxylic acids is 1. The van der Waals surface area contributed by atoms with E-state index >= 15 is 0 Å². The second-order valence-corrected chi connectivity index (χ2v) is 3.67. The van der Waals surface area contributed by atoms with Gasteiger partial charge >= 0.3 is 12.0 Å². The summed E-state index contributed by atoms with van der Waals surface area (Å²) in [5.41, 5.74) is 0. The molecular formula is C10H21N3O3. The molecule has 94 valence electrons. The molecule has 0 aliphatic heterocycles. The Morgan fingerprint density at radius 1 is 1.25 bits per heavy atom. The Morgan fingerprint density at radius 3 is 2.44 bits per heavy atom. The van der Waals surface area contributed by atoms with Crippen LogP contribution < -0.4 is 10.6 Å². The Balaban J connectivity index is 3.42. The third-order valence-corrected chi connectivity index (χ3v) is 2.00. The van der Waals surface area contributed by atoms with Gasteiger partial charge in [0.05, 0.1) is 6.54 Å². The van der Waals surface area contributed by atoms with Crippen LogP contribution in [-0.2, 0) is 4.79 Å². The summed E-state index contributed by atoms with van der Waals surface area (Å²) < 4.78 is 0. The quantitative estimate of drug-likeness (QED) is 0.518. The Bertz CT molecular complexity index is 221. The van der Waals surface area contributed by atoms with E-state index in [1.807, 2.05) is 0 Å². The predicted octanol–water partition coefficient (Wildman–Crippen LogP) is 0.102. The lowest BCUT2D eigenvalue weighted by molar-refractivity contribution is -0.137. The fourth-order valence-corrected chi connectivity index (χ4v) is 1.11. The zero-order valence-corrected chi connectivity index (χ0v) is 9.95. The normalized spacial score (nSPS) is 10.2. The first-order valence-corrected chi connectivity index (χ1v) is 5.48. The van der Waals surface area contributed by atoms with Crippen LogP contribution in [0, 0.1) is 0 Å². The van der Waals surface area contributed by atoms with E-state index in [0.29, 0.717) is 19.6 Å². The molecule has 6 nitrogen and oxygen atoms in total. The highest BCUT2D eigenvalue weighted by Gasteiger charge is 2.04. The molecule has 2 amide bonds. The van der Waals surface area contributed by atoms with Gasteiger partial charge in [0.2, 0.25) is 0 Å². The van der Waals surface area contributed by atoms with Crippen LogP contribution in [0.2, 0.25) is 0 Å². The van der Waals surface area contributed by atoms with Crippen molar-refractivity contribution in [1.29, 1.82) is 0 Å². The number of carboxylic acids is 1. The molecule has 0 spiro atoms. The van der Waals surface area contributed by atoms with Gasteiger partial charge in [0.1, 0.15) is 0 Å². The van der Waals surface area contributed by atoms with Gasteiger partial charge in [0, 0.05) is 19.6 Å². The number of unbranched alkanes of at least 4 members (excludes halogenated alkanes) is 1. The molecule has 0 aromatic rings. The third kappa shape index (κ3) is 9.26. The summed E-state index contributed by atoms with van der Waals surface area (Å²) in [6, 6.07) is -0.197. The highest BCUT2D eigenvalue weighted by Crippen LogP contribution is 1.83. The van der Waals surface area contributed by atoms with E-state index in [-0.39, 0.29) is 12.6 Å². The Kier molecular flexibility index (Phi) is 8.24. The number of carbonyl (C=O) groups is 2. The standard InChI is InChI=1S/C10H21N3O3/c1-3-4-5-11-10(16)12-6-7-13(2)8-9(14)15/h3-8H2,1-2H3,(H,14,15)(H2,11,12,16). The molecule has 0 radical (unpaired) electrons. The Morgan fingerprint density at radius 2 is 1.88 bits per heavy atom. The molecule has 0 aromatic carbocycles. The van der Waals surface area contributed by atoms with E-state index in [1.165, 1.54) is 0 Å². The molecule has 0 atom stereocenters. The van der Waals surface area contributed by atoms with Crippen LogP contribution in [-0.4, -0.2) is 55.2 Å². The van der Waals surface area contributed by atoms with Gasteiger partial charge in [0.15, 0.2) is 0 Å². The highest BCUT2D eigenvalue weighted by molar-refractivity contribution is 5.73. The SMILES string of the molecule is CCCCNC(=O)NCCN(C)CC(=O)O. The monoisotopic (exact) mass is 231 g/mol. The Hall–Kier alpha value is -1.30. The summed E-state index contributed by atoms with van der Waals surface area (Å²) in [4.78, 5) is 23.1.